The molecule has 0 saturated carbocycles. The SMILES string of the molecule is CC(OC(=O)Cc1ccccc1[N+](=O)[O-])C(=O)Nc1ccc(Cl)cc1. The van der Waals surface area contributed by atoms with E-state index in [4.69, 9.17) is 16.3 Å². The number of nitro groups is 1. The van der Waals surface area contributed by atoms with Crippen molar-refractivity contribution >= 4 is 34.9 Å². The van der Waals surface area contributed by atoms with Crippen molar-refractivity contribution in [3.63, 3.8) is 0 Å². The van der Waals surface area contributed by atoms with Crippen molar-refractivity contribution in [2.45, 2.75) is 19.4 Å². The molecule has 0 spiro atoms. The standard InChI is InChI=1S/C17H15ClN2O5/c1-11(17(22)19-14-8-6-13(18)7-9-14)25-16(21)10-12-4-2-3-5-15(12)20(23)24/h2-9,11H,10H2,1H3,(H,19,22). The number of nitrogens with zero attached hydrogens (tertiary/aromatic N) is 1. The first kappa shape index (κ1) is 18.4. The van der Waals surface area contributed by atoms with Crippen molar-refractivity contribution in [3.05, 3.63) is 69.2 Å². The van der Waals surface area contributed by atoms with E-state index >= 15 is 0 Å². The van der Waals surface area contributed by atoms with Gasteiger partial charge in [0.25, 0.3) is 11.6 Å². The largest absolute Gasteiger partial charge is 0.452 e. The van der Waals surface area contributed by atoms with Crippen molar-refractivity contribution < 1.29 is 19.2 Å². The molecule has 1 amide bonds. The van der Waals surface area contributed by atoms with E-state index in [1.165, 1.54) is 25.1 Å². The van der Waals surface area contributed by atoms with E-state index in [1.807, 2.05) is 0 Å². The number of rotatable bonds is 6. The Morgan fingerprint density at radius 1 is 1.20 bits per heavy atom. The average molecular weight is 363 g/mol. The predicted molar refractivity (Wildman–Crippen MR) is 92.4 cm³/mol. The molecule has 0 heterocycles. The molecule has 0 radical (unpaired) electrons. The molecule has 0 aliphatic heterocycles. The van der Waals surface area contributed by atoms with Gasteiger partial charge in [-0.2, -0.15) is 0 Å². The first-order valence-electron chi connectivity index (χ1n) is 7.35. The van der Waals surface area contributed by atoms with E-state index in [2.05, 4.69) is 5.32 Å². The highest BCUT2D eigenvalue weighted by molar-refractivity contribution is 6.30. The Balaban J connectivity index is 1.94. The zero-order valence-corrected chi connectivity index (χ0v) is 14.0. The minimum Gasteiger partial charge on any atom is -0.452 e. The van der Waals surface area contributed by atoms with Gasteiger partial charge < -0.3 is 10.1 Å². The third-order valence-corrected chi connectivity index (χ3v) is 3.56. The maximum atomic E-state index is 12.0. The predicted octanol–water partition coefficient (Wildman–Crippen LogP) is 3.36. The first-order chi connectivity index (χ1) is 11.9. The molecule has 130 valence electrons. The molecule has 1 N–H and O–H groups in total. The molecular weight excluding hydrogens is 348 g/mol. The number of esters is 1. The number of carbonyl (C=O) groups is 2. The fourth-order valence-electron chi connectivity index (χ4n) is 2.06. The number of hydrogen-bond donors (Lipinski definition) is 1. The summed E-state index contributed by atoms with van der Waals surface area (Å²) in [5, 5.41) is 14.1. The van der Waals surface area contributed by atoms with Gasteiger partial charge in [-0.15, -0.1) is 0 Å². The molecule has 0 aromatic heterocycles. The molecule has 0 fully saturated rings. The zero-order chi connectivity index (χ0) is 18.4. The lowest BCUT2D eigenvalue weighted by molar-refractivity contribution is -0.385. The summed E-state index contributed by atoms with van der Waals surface area (Å²) in [6.45, 7) is 1.42. The monoisotopic (exact) mass is 362 g/mol. The fraction of sp³-hybridized carbons (Fsp3) is 0.176. The fourth-order valence-corrected chi connectivity index (χ4v) is 2.19. The van der Waals surface area contributed by atoms with Gasteiger partial charge in [-0.3, -0.25) is 19.7 Å². The lowest BCUT2D eigenvalue weighted by Crippen LogP contribution is -2.30. The number of benzene rings is 2. The number of para-hydroxylation sites is 1. The van der Waals surface area contributed by atoms with E-state index in [0.29, 0.717) is 10.7 Å². The third kappa shape index (κ3) is 5.29. The van der Waals surface area contributed by atoms with Crippen molar-refractivity contribution in [2.24, 2.45) is 0 Å². The molecule has 7 nitrogen and oxygen atoms in total. The molecule has 25 heavy (non-hydrogen) atoms. The number of carbonyl (C=O) groups excluding carboxylic acids is 2. The van der Waals surface area contributed by atoms with Crippen LogP contribution in [0.5, 0.6) is 0 Å². The molecule has 0 saturated heterocycles. The summed E-state index contributed by atoms with van der Waals surface area (Å²) in [4.78, 5) is 34.4. The summed E-state index contributed by atoms with van der Waals surface area (Å²) < 4.78 is 5.05. The number of nitrogens with one attached hydrogen (secondary N) is 1. The number of amides is 1. The Bertz CT molecular complexity index is 792. The van der Waals surface area contributed by atoms with Crippen LogP contribution >= 0.6 is 11.6 Å². The third-order valence-electron chi connectivity index (χ3n) is 3.31. The van der Waals surface area contributed by atoms with Gasteiger partial charge in [-0.05, 0) is 31.2 Å². The molecule has 1 atom stereocenters. The van der Waals surface area contributed by atoms with Crippen molar-refractivity contribution in [1.29, 1.82) is 0 Å². The number of ether oxygens (including phenoxy) is 1. The van der Waals surface area contributed by atoms with Crippen molar-refractivity contribution in [2.75, 3.05) is 5.32 Å². The highest BCUT2D eigenvalue weighted by atomic mass is 35.5. The minimum atomic E-state index is -1.05. The zero-order valence-electron chi connectivity index (χ0n) is 13.3. The Morgan fingerprint density at radius 3 is 2.48 bits per heavy atom. The molecule has 0 bridgehead atoms. The molecule has 8 heteroatoms. The van der Waals surface area contributed by atoms with Gasteiger partial charge in [0.2, 0.25) is 0 Å². The van der Waals surface area contributed by atoms with Gasteiger partial charge in [0.05, 0.1) is 11.3 Å². The molecule has 2 aromatic rings. The van der Waals surface area contributed by atoms with Crippen LogP contribution in [0.2, 0.25) is 5.02 Å². The molecule has 1 unspecified atom stereocenters. The maximum Gasteiger partial charge on any atom is 0.311 e. The second-order valence-corrected chi connectivity index (χ2v) is 5.63. The van der Waals surface area contributed by atoms with E-state index in [-0.39, 0.29) is 17.7 Å². The van der Waals surface area contributed by atoms with Gasteiger partial charge in [0.15, 0.2) is 6.10 Å². The van der Waals surface area contributed by atoms with Gasteiger partial charge in [0, 0.05) is 22.3 Å². The highest BCUT2D eigenvalue weighted by Gasteiger charge is 2.21. The number of anilines is 1. The van der Waals surface area contributed by atoms with Crippen LogP contribution in [0, 0.1) is 10.1 Å². The van der Waals surface area contributed by atoms with E-state index < -0.39 is 22.9 Å². The summed E-state index contributed by atoms with van der Waals surface area (Å²) in [5.74, 6) is -1.24. The number of hydrogen-bond acceptors (Lipinski definition) is 5. The average Bonchev–Trinajstić information content (AvgIpc) is 2.57. The van der Waals surface area contributed by atoms with Crippen molar-refractivity contribution in [3.8, 4) is 0 Å². The van der Waals surface area contributed by atoms with Crippen LogP contribution in [0.15, 0.2) is 48.5 Å². The molecule has 0 aliphatic rings. The normalized spacial score (nSPS) is 11.4. The lowest BCUT2D eigenvalue weighted by Gasteiger charge is -2.13. The summed E-state index contributed by atoms with van der Waals surface area (Å²) in [5.41, 5.74) is 0.566. The van der Waals surface area contributed by atoms with Crippen LogP contribution in [0.3, 0.4) is 0 Å². The lowest BCUT2D eigenvalue weighted by atomic mass is 10.1. The van der Waals surface area contributed by atoms with E-state index in [9.17, 15) is 19.7 Å². The van der Waals surface area contributed by atoms with Gasteiger partial charge in [-0.1, -0.05) is 29.8 Å². The quantitative estimate of drug-likeness (QED) is 0.482. The maximum absolute atomic E-state index is 12.0. The molecule has 2 aromatic carbocycles. The van der Waals surface area contributed by atoms with E-state index in [0.717, 1.165) is 0 Å². The Hall–Kier alpha value is -2.93. The van der Waals surface area contributed by atoms with Crippen molar-refractivity contribution in [1.82, 2.24) is 0 Å². The highest BCUT2D eigenvalue weighted by Crippen LogP contribution is 2.19. The van der Waals surface area contributed by atoms with Gasteiger partial charge in [-0.25, -0.2) is 0 Å². The topological polar surface area (TPSA) is 98.5 Å². The van der Waals surface area contributed by atoms with E-state index in [1.54, 1.807) is 30.3 Å². The summed E-state index contributed by atoms with van der Waals surface area (Å²) in [6.07, 6.45) is -1.35. The Kier molecular flexibility index (Phi) is 6.08. The molecule has 0 aliphatic carbocycles. The number of nitro benzene ring substituents is 1. The second-order valence-electron chi connectivity index (χ2n) is 5.19. The summed E-state index contributed by atoms with van der Waals surface area (Å²) in [6, 6.07) is 12.3. The van der Waals surface area contributed by atoms with Crippen LogP contribution in [-0.2, 0) is 20.7 Å². The van der Waals surface area contributed by atoms with Crippen LogP contribution in [0.1, 0.15) is 12.5 Å². The van der Waals surface area contributed by atoms with Gasteiger partial charge >= 0.3 is 5.97 Å². The summed E-state index contributed by atoms with van der Waals surface area (Å²) in [7, 11) is 0. The Labute approximate surface area is 148 Å². The molecule has 2 rings (SSSR count). The van der Waals surface area contributed by atoms with Crippen LogP contribution < -0.4 is 5.32 Å². The smallest absolute Gasteiger partial charge is 0.311 e. The molecular formula is C17H15ClN2O5. The second kappa shape index (κ2) is 8.25. The van der Waals surface area contributed by atoms with Crippen LogP contribution in [0.4, 0.5) is 11.4 Å². The minimum absolute atomic E-state index is 0.169. The van der Waals surface area contributed by atoms with Crippen LogP contribution in [0.25, 0.3) is 0 Å². The summed E-state index contributed by atoms with van der Waals surface area (Å²) >= 11 is 5.76. The van der Waals surface area contributed by atoms with Crippen LogP contribution in [-0.4, -0.2) is 22.9 Å². The Morgan fingerprint density at radius 2 is 1.84 bits per heavy atom. The first-order valence-corrected chi connectivity index (χ1v) is 7.73. The van der Waals surface area contributed by atoms with Gasteiger partial charge in [0.1, 0.15) is 0 Å². The number of halogens is 1.